The van der Waals surface area contributed by atoms with Crippen LogP contribution in [0.5, 0.6) is 0 Å². The summed E-state index contributed by atoms with van der Waals surface area (Å²) in [7, 11) is 0. The van der Waals surface area contributed by atoms with Gasteiger partial charge in [-0.05, 0) is 11.1 Å². The van der Waals surface area contributed by atoms with Crippen molar-refractivity contribution in [2.45, 2.75) is 19.6 Å². The van der Waals surface area contributed by atoms with Crippen molar-refractivity contribution in [3.8, 4) is 0 Å². The second-order valence-electron chi connectivity index (χ2n) is 6.39. The van der Waals surface area contributed by atoms with Gasteiger partial charge >= 0.3 is 0 Å². The van der Waals surface area contributed by atoms with Gasteiger partial charge in [0.15, 0.2) is 5.69 Å². The highest BCUT2D eigenvalue weighted by Gasteiger charge is 2.25. The van der Waals surface area contributed by atoms with Gasteiger partial charge in [0.25, 0.3) is 5.91 Å². The molecule has 1 saturated heterocycles. The van der Waals surface area contributed by atoms with Gasteiger partial charge in [0.05, 0.1) is 12.7 Å². The number of nitrogens with one attached hydrogen (secondary N) is 1. The van der Waals surface area contributed by atoms with Crippen LogP contribution in [0.4, 0.5) is 0 Å². The second kappa shape index (κ2) is 6.70. The number of piperazine rings is 1. The minimum absolute atomic E-state index is 0.0420. The Labute approximate surface area is 141 Å². The van der Waals surface area contributed by atoms with E-state index in [1.54, 1.807) is 10.9 Å². The molecular weight excluding hydrogens is 304 g/mol. The Hall–Kier alpha value is -2.25. The molecule has 2 aliphatic heterocycles. The largest absolute Gasteiger partial charge is 0.329 e. The number of hydrogen-bond donors (Lipinski definition) is 1. The number of hydrogen-bond acceptors (Lipinski definition) is 5. The molecule has 2 aromatic rings. The van der Waals surface area contributed by atoms with Crippen molar-refractivity contribution in [3.63, 3.8) is 0 Å². The number of amides is 1. The summed E-state index contributed by atoms with van der Waals surface area (Å²) >= 11 is 0. The molecule has 0 saturated carbocycles. The summed E-state index contributed by atoms with van der Waals surface area (Å²) in [4.78, 5) is 16.9. The summed E-state index contributed by atoms with van der Waals surface area (Å²) in [6, 6.07) is 8.18. The van der Waals surface area contributed by atoms with Crippen LogP contribution in [0.25, 0.3) is 0 Å². The van der Waals surface area contributed by atoms with E-state index in [2.05, 4.69) is 32.7 Å². The molecule has 0 spiro atoms. The van der Waals surface area contributed by atoms with Crippen LogP contribution in [-0.4, -0.2) is 63.4 Å². The highest BCUT2D eigenvalue weighted by molar-refractivity contribution is 5.92. The van der Waals surface area contributed by atoms with Crippen LogP contribution in [0, 0.1) is 0 Å². The molecule has 1 aromatic carbocycles. The van der Waals surface area contributed by atoms with E-state index in [1.165, 1.54) is 11.1 Å². The number of carbonyl (C=O) groups excluding carboxylic acids is 1. The van der Waals surface area contributed by atoms with Crippen LogP contribution in [0.1, 0.15) is 21.6 Å². The van der Waals surface area contributed by atoms with Gasteiger partial charge in [0.2, 0.25) is 0 Å². The average Bonchev–Trinajstić information content (AvgIpc) is 3.27. The molecular formula is C17H22N6O. The molecule has 1 fully saturated rings. The normalized spacial score (nSPS) is 17.9. The van der Waals surface area contributed by atoms with E-state index < -0.39 is 0 Å². The maximum atomic E-state index is 12.6. The summed E-state index contributed by atoms with van der Waals surface area (Å²) in [5.41, 5.74) is 2.87. The van der Waals surface area contributed by atoms with Gasteiger partial charge in [-0.15, -0.1) is 5.10 Å². The molecule has 0 bridgehead atoms. The fourth-order valence-corrected chi connectivity index (χ4v) is 3.32. The van der Waals surface area contributed by atoms with Gasteiger partial charge < -0.3 is 10.2 Å². The van der Waals surface area contributed by atoms with Crippen molar-refractivity contribution in [2.75, 3.05) is 32.7 Å². The molecule has 1 N–H and O–H groups in total. The molecule has 0 unspecified atom stereocenters. The molecule has 126 valence electrons. The van der Waals surface area contributed by atoms with E-state index in [4.69, 9.17) is 0 Å². The van der Waals surface area contributed by atoms with Crippen LogP contribution in [0.15, 0.2) is 30.5 Å². The van der Waals surface area contributed by atoms with Crippen LogP contribution in [0.2, 0.25) is 0 Å². The molecule has 0 atom stereocenters. The predicted octanol–water partition coefficient (Wildman–Crippen LogP) is 0.339. The molecule has 0 aliphatic carbocycles. The fraction of sp³-hybridized carbons (Fsp3) is 0.471. The molecule has 1 aromatic heterocycles. The van der Waals surface area contributed by atoms with Gasteiger partial charge in [-0.3, -0.25) is 14.4 Å². The minimum atomic E-state index is -0.0420. The third-order valence-electron chi connectivity index (χ3n) is 4.74. The van der Waals surface area contributed by atoms with Gasteiger partial charge in [-0.2, -0.15) is 0 Å². The topological polar surface area (TPSA) is 66.3 Å². The zero-order valence-electron chi connectivity index (χ0n) is 13.7. The number of benzene rings is 1. The number of aromatic nitrogens is 3. The highest BCUT2D eigenvalue weighted by atomic mass is 16.2. The average molecular weight is 326 g/mol. The first-order valence-corrected chi connectivity index (χ1v) is 8.49. The third-order valence-corrected chi connectivity index (χ3v) is 4.74. The SMILES string of the molecule is O=C(c1cn(CCN2CCNCC2)nn1)N1Cc2ccccc2C1. The van der Waals surface area contributed by atoms with Gasteiger partial charge in [-0.25, -0.2) is 0 Å². The molecule has 7 nitrogen and oxygen atoms in total. The Morgan fingerprint density at radius 3 is 2.50 bits per heavy atom. The Morgan fingerprint density at radius 2 is 1.79 bits per heavy atom. The Morgan fingerprint density at radius 1 is 1.08 bits per heavy atom. The maximum absolute atomic E-state index is 12.6. The monoisotopic (exact) mass is 326 g/mol. The molecule has 1 amide bonds. The van der Waals surface area contributed by atoms with E-state index in [9.17, 15) is 4.79 Å². The molecule has 2 aliphatic rings. The van der Waals surface area contributed by atoms with Crippen molar-refractivity contribution in [1.82, 2.24) is 30.1 Å². The fourth-order valence-electron chi connectivity index (χ4n) is 3.32. The third kappa shape index (κ3) is 3.18. The summed E-state index contributed by atoms with van der Waals surface area (Å²) in [6.07, 6.45) is 1.77. The van der Waals surface area contributed by atoms with Gasteiger partial charge in [0, 0.05) is 45.8 Å². The van der Waals surface area contributed by atoms with E-state index >= 15 is 0 Å². The van der Waals surface area contributed by atoms with Crippen LogP contribution in [0.3, 0.4) is 0 Å². The molecule has 3 heterocycles. The van der Waals surface area contributed by atoms with E-state index in [-0.39, 0.29) is 5.91 Å². The standard InChI is InChI=1S/C17H22N6O/c24-17(22-11-14-3-1-2-4-15(14)12-22)16-13-23(20-19-16)10-9-21-7-5-18-6-8-21/h1-4,13,18H,5-12H2. The Kier molecular flexibility index (Phi) is 4.27. The van der Waals surface area contributed by atoms with E-state index in [0.29, 0.717) is 18.8 Å². The first-order chi connectivity index (χ1) is 11.8. The van der Waals surface area contributed by atoms with E-state index in [1.807, 2.05) is 17.0 Å². The van der Waals surface area contributed by atoms with E-state index in [0.717, 1.165) is 39.3 Å². The minimum Gasteiger partial charge on any atom is -0.329 e. The van der Waals surface area contributed by atoms with Crippen molar-refractivity contribution in [3.05, 3.63) is 47.3 Å². The number of carbonyl (C=O) groups is 1. The van der Waals surface area contributed by atoms with Crippen molar-refractivity contribution >= 4 is 5.91 Å². The smallest absolute Gasteiger partial charge is 0.276 e. The van der Waals surface area contributed by atoms with Crippen molar-refractivity contribution < 1.29 is 4.79 Å². The van der Waals surface area contributed by atoms with Gasteiger partial charge in [0.1, 0.15) is 0 Å². The summed E-state index contributed by atoms with van der Waals surface area (Å²) in [5.74, 6) is -0.0420. The van der Waals surface area contributed by atoms with Crippen molar-refractivity contribution in [1.29, 1.82) is 0 Å². The molecule has 0 radical (unpaired) electrons. The maximum Gasteiger partial charge on any atom is 0.276 e. The lowest BCUT2D eigenvalue weighted by atomic mass is 10.1. The number of fused-ring (bicyclic) bond motifs is 1. The predicted molar refractivity (Wildman–Crippen MR) is 89.4 cm³/mol. The molecule has 7 heteroatoms. The number of nitrogens with zero attached hydrogens (tertiary/aromatic N) is 5. The van der Waals surface area contributed by atoms with Gasteiger partial charge in [-0.1, -0.05) is 29.5 Å². The zero-order valence-corrected chi connectivity index (χ0v) is 13.7. The van der Waals surface area contributed by atoms with Crippen LogP contribution >= 0.6 is 0 Å². The quantitative estimate of drug-likeness (QED) is 0.878. The second-order valence-corrected chi connectivity index (χ2v) is 6.39. The Bertz CT molecular complexity index is 696. The molecule has 24 heavy (non-hydrogen) atoms. The first-order valence-electron chi connectivity index (χ1n) is 8.49. The summed E-state index contributed by atoms with van der Waals surface area (Å²) in [5, 5.41) is 11.5. The Balaban J connectivity index is 1.35. The molecule has 4 rings (SSSR count). The first kappa shape index (κ1) is 15.3. The highest BCUT2D eigenvalue weighted by Crippen LogP contribution is 2.23. The lowest BCUT2D eigenvalue weighted by Crippen LogP contribution is -2.44. The lowest BCUT2D eigenvalue weighted by Gasteiger charge is -2.26. The lowest BCUT2D eigenvalue weighted by molar-refractivity contribution is 0.0745. The van der Waals surface area contributed by atoms with Crippen LogP contribution < -0.4 is 5.32 Å². The van der Waals surface area contributed by atoms with Crippen LogP contribution in [-0.2, 0) is 19.6 Å². The summed E-state index contributed by atoms with van der Waals surface area (Å²) in [6.45, 7) is 7.21. The zero-order chi connectivity index (χ0) is 16.4. The van der Waals surface area contributed by atoms with Crippen molar-refractivity contribution in [2.24, 2.45) is 0 Å². The number of rotatable bonds is 4. The summed E-state index contributed by atoms with van der Waals surface area (Å²) < 4.78 is 1.78.